The van der Waals surface area contributed by atoms with Gasteiger partial charge >= 0.3 is 0 Å². The summed E-state index contributed by atoms with van der Waals surface area (Å²) < 4.78 is 11.3. The van der Waals surface area contributed by atoms with Crippen molar-refractivity contribution < 1.29 is 14.3 Å². The van der Waals surface area contributed by atoms with Crippen molar-refractivity contribution in [1.29, 1.82) is 0 Å². The Hall–Kier alpha value is -2.17. The standard InChI is InChI=1S/C26H33NO3/c1-19-9-10-23(20(2)16-19)24-8-4-3-6-21(24)17-26(11-14-29-15-12-26)25(28)27-18-22-7-5-13-30-22/h3-4,6,8-10,16,22H,5,7,11-15,17-18H2,1-2H3,(H,27,28)/t22-/m1/s1. The van der Waals surface area contributed by atoms with E-state index in [2.05, 4.69) is 61.6 Å². The van der Waals surface area contributed by atoms with Crippen LogP contribution in [0.1, 0.15) is 42.4 Å². The summed E-state index contributed by atoms with van der Waals surface area (Å²) in [7, 11) is 0. The second-order valence-corrected chi connectivity index (χ2v) is 8.89. The third-order valence-electron chi connectivity index (χ3n) is 6.66. The molecule has 1 N–H and O–H groups in total. The molecule has 2 saturated heterocycles. The van der Waals surface area contributed by atoms with E-state index in [1.165, 1.54) is 27.8 Å². The molecule has 160 valence electrons. The molecule has 0 unspecified atom stereocenters. The van der Waals surface area contributed by atoms with Crippen LogP contribution in [-0.4, -0.2) is 38.4 Å². The van der Waals surface area contributed by atoms with Gasteiger partial charge in [-0.3, -0.25) is 4.79 Å². The van der Waals surface area contributed by atoms with Crippen LogP contribution in [0.25, 0.3) is 11.1 Å². The van der Waals surface area contributed by atoms with E-state index in [9.17, 15) is 4.79 Å². The number of carbonyl (C=O) groups is 1. The smallest absolute Gasteiger partial charge is 0.226 e. The molecule has 2 aromatic carbocycles. The van der Waals surface area contributed by atoms with Crippen molar-refractivity contribution in [1.82, 2.24) is 5.32 Å². The Kier molecular flexibility index (Phi) is 6.55. The molecule has 2 fully saturated rings. The molecule has 4 rings (SSSR count). The minimum Gasteiger partial charge on any atom is -0.381 e. The van der Waals surface area contributed by atoms with Gasteiger partial charge in [-0.15, -0.1) is 0 Å². The number of aryl methyl sites for hydroxylation is 2. The zero-order valence-corrected chi connectivity index (χ0v) is 18.2. The Balaban J connectivity index is 1.60. The van der Waals surface area contributed by atoms with Gasteiger partial charge in [0, 0.05) is 26.4 Å². The van der Waals surface area contributed by atoms with Crippen LogP contribution in [0.2, 0.25) is 0 Å². The Morgan fingerprint density at radius 1 is 1.07 bits per heavy atom. The number of amides is 1. The van der Waals surface area contributed by atoms with E-state index in [1.54, 1.807) is 0 Å². The van der Waals surface area contributed by atoms with Crippen LogP contribution in [0.15, 0.2) is 42.5 Å². The van der Waals surface area contributed by atoms with Crippen molar-refractivity contribution in [3.05, 3.63) is 59.2 Å². The Morgan fingerprint density at radius 3 is 2.60 bits per heavy atom. The molecule has 2 aromatic rings. The highest BCUT2D eigenvalue weighted by molar-refractivity contribution is 5.84. The van der Waals surface area contributed by atoms with Gasteiger partial charge in [0.1, 0.15) is 0 Å². The fourth-order valence-electron chi connectivity index (χ4n) is 4.86. The minimum atomic E-state index is -0.425. The molecule has 4 nitrogen and oxygen atoms in total. The van der Waals surface area contributed by atoms with Crippen LogP contribution in [-0.2, 0) is 20.7 Å². The van der Waals surface area contributed by atoms with Crippen molar-refractivity contribution in [2.45, 2.75) is 52.1 Å². The first-order chi connectivity index (χ1) is 14.6. The zero-order valence-electron chi connectivity index (χ0n) is 18.2. The lowest BCUT2D eigenvalue weighted by Gasteiger charge is -2.36. The fraction of sp³-hybridized carbons (Fsp3) is 0.500. The Morgan fingerprint density at radius 2 is 1.87 bits per heavy atom. The number of rotatable bonds is 6. The van der Waals surface area contributed by atoms with E-state index in [4.69, 9.17) is 9.47 Å². The van der Waals surface area contributed by atoms with Gasteiger partial charge in [-0.05, 0) is 68.2 Å². The normalized spacial score (nSPS) is 20.8. The Labute approximate surface area is 180 Å². The van der Waals surface area contributed by atoms with E-state index >= 15 is 0 Å². The molecule has 0 bridgehead atoms. The molecule has 1 amide bonds. The van der Waals surface area contributed by atoms with Crippen molar-refractivity contribution in [3.63, 3.8) is 0 Å². The SMILES string of the molecule is Cc1ccc(-c2ccccc2CC2(C(=O)NC[C@H]3CCCO3)CCOCC2)c(C)c1. The lowest BCUT2D eigenvalue weighted by Crippen LogP contribution is -2.48. The van der Waals surface area contributed by atoms with E-state index in [0.29, 0.717) is 19.8 Å². The maximum absolute atomic E-state index is 13.4. The van der Waals surface area contributed by atoms with Gasteiger partial charge in [-0.1, -0.05) is 48.0 Å². The zero-order chi connectivity index (χ0) is 21.0. The highest BCUT2D eigenvalue weighted by atomic mass is 16.5. The van der Waals surface area contributed by atoms with Crippen LogP contribution < -0.4 is 5.32 Å². The summed E-state index contributed by atoms with van der Waals surface area (Å²) in [6.07, 6.45) is 4.52. The molecule has 1 atom stereocenters. The molecule has 2 aliphatic heterocycles. The predicted octanol–water partition coefficient (Wildman–Crippen LogP) is 4.60. The van der Waals surface area contributed by atoms with Crippen LogP contribution in [0.3, 0.4) is 0 Å². The number of hydrogen-bond acceptors (Lipinski definition) is 3. The van der Waals surface area contributed by atoms with Crippen LogP contribution in [0, 0.1) is 19.3 Å². The van der Waals surface area contributed by atoms with Gasteiger partial charge < -0.3 is 14.8 Å². The summed E-state index contributed by atoms with van der Waals surface area (Å²) in [4.78, 5) is 13.4. The molecule has 0 saturated carbocycles. The molecule has 30 heavy (non-hydrogen) atoms. The molecular formula is C26H33NO3. The summed E-state index contributed by atoms with van der Waals surface area (Å²) in [5.74, 6) is 0.150. The number of carbonyl (C=O) groups excluding carboxylic acids is 1. The molecular weight excluding hydrogens is 374 g/mol. The van der Waals surface area contributed by atoms with E-state index in [1.807, 2.05) is 0 Å². The molecule has 0 aliphatic carbocycles. The van der Waals surface area contributed by atoms with E-state index in [0.717, 1.165) is 38.7 Å². The monoisotopic (exact) mass is 407 g/mol. The maximum Gasteiger partial charge on any atom is 0.226 e. The topological polar surface area (TPSA) is 47.6 Å². The second-order valence-electron chi connectivity index (χ2n) is 8.89. The first kappa shape index (κ1) is 21.1. The largest absolute Gasteiger partial charge is 0.381 e. The van der Waals surface area contributed by atoms with Crippen molar-refractivity contribution in [2.75, 3.05) is 26.4 Å². The first-order valence-corrected chi connectivity index (χ1v) is 11.2. The Bertz CT molecular complexity index is 880. The third-order valence-corrected chi connectivity index (χ3v) is 6.66. The summed E-state index contributed by atoms with van der Waals surface area (Å²) in [6.45, 7) is 6.98. The van der Waals surface area contributed by atoms with Gasteiger partial charge in [0.25, 0.3) is 0 Å². The minimum absolute atomic E-state index is 0.150. The van der Waals surface area contributed by atoms with Gasteiger partial charge in [0.2, 0.25) is 5.91 Å². The van der Waals surface area contributed by atoms with Gasteiger partial charge in [0.15, 0.2) is 0 Å². The summed E-state index contributed by atoms with van der Waals surface area (Å²) >= 11 is 0. The van der Waals surface area contributed by atoms with Gasteiger partial charge in [0.05, 0.1) is 11.5 Å². The molecule has 2 aliphatic rings. The van der Waals surface area contributed by atoms with Gasteiger partial charge in [-0.2, -0.15) is 0 Å². The van der Waals surface area contributed by atoms with Crippen molar-refractivity contribution >= 4 is 5.91 Å². The lowest BCUT2D eigenvalue weighted by molar-refractivity contribution is -0.137. The van der Waals surface area contributed by atoms with Crippen LogP contribution >= 0.6 is 0 Å². The average molecular weight is 408 g/mol. The quantitative estimate of drug-likeness (QED) is 0.761. The van der Waals surface area contributed by atoms with Gasteiger partial charge in [-0.25, -0.2) is 0 Å². The highest BCUT2D eigenvalue weighted by Gasteiger charge is 2.40. The number of hydrogen-bond donors (Lipinski definition) is 1. The average Bonchev–Trinajstić information content (AvgIpc) is 3.27. The summed E-state index contributed by atoms with van der Waals surface area (Å²) in [5, 5.41) is 3.21. The van der Waals surface area contributed by atoms with Crippen LogP contribution in [0.5, 0.6) is 0 Å². The molecule has 0 radical (unpaired) electrons. The fourth-order valence-corrected chi connectivity index (χ4v) is 4.86. The maximum atomic E-state index is 13.4. The number of ether oxygens (including phenoxy) is 2. The van der Waals surface area contributed by atoms with E-state index < -0.39 is 5.41 Å². The molecule has 0 spiro atoms. The van der Waals surface area contributed by atoms with Crippen molar-refractivity contribution in [2.24, 2.45) is 5.41 Å². The molecule has 2 heterocycles. The van der Waals surface area contributed by atoms with E-state index in [-0.39, 0.29) is 12.0 Å². The van der Waals surface area contributed by atoms with Crippen LogP contribution in [0.4, 0.5) is 0 Å². The predicted molar refractivity (Wildman–Crippen MR) is 120 cm³/mol. The highest BCUT2D eigenvalue weighted by Crippen LogP contribution is 2.38. The summed E-state index contributed by atoms with van der Waals surface area (Å²) in [5.41, 5.74) is 5.82. The third kappa shape index (κ3) is 4.60. The van der Waals surface area contributed by atoms with Crippen molar-refractivity contribution in [3.8, 4) is 11.1 Å². The molecule has 0 aromatic heterocycles. The summed E-state index contributed by atoms with van der Waals surface area (Å²) in [6, 6.07) is 15.1. The number of benzene rings is 2. The molecule has 4 heteroatoms. The second kappa shape index (κ2) is 9.32. The first-order valence-electron chi connectivity index (χ1n) is 11.2. The lowest BCUT2D eigenvalue weighted by atomic mass is 9.73. The number of nitrogens with one attached hydrogen (secondary N) is 1.